The van der Waals surface area contributed by atoms with E-state index in [1.807, 2.05) is 36.4 Å². The normalized spacial score (nSPS) is 14.8. The zero-order valence-corrected chi connectivity index (χ0v) is 16.3. The molecule has 0 saturated heterocycles. The number of esters is 1. The number of carbonyl (C=O) groups is 2. The molecule has 0 fully saturated rings. The highest BCUT2D eigenvalue weighted by Crippen LogP contribution is 2.39. The van der Waals surface area contributed by atoms with Gasteiger partial charge in [-0.25, -0.2) is 4.79 Å². The lowest BCUT2D eigenvalue weighted by atomic mass is 10.0. The fourth-order valence-corrected chi connectivity index (χ4v) is 3.44. The van der Waals surface area contributed by atoms with Crippen molar-refractivity contribution in [1.29, 1.82) is 0 Å². The maximum absolute atomic E-state index is 13.1. The second-order valence-corrected chi connectivity index (χ2v) is 6.85. The van der Waals surface area contributed by atoms with Crippen molar-refractivity contribution in [3.05, 3.63) is 100 Å². The number of carbonyl (C=O) groups excluding carboxylic acids is 2. The van der Waals surface area contributed by atoms with Crippen LogP contribution in [0.2, 0.25) is 0 Å². The number of benzene rings is 3. The smallest absolute Gasteiger partial charge is 0.338 e. The number of non-ortho nitro benzene ring substituents is 1. The summed E-state index contributed by atoms with van der Waals surface area (Å²) in [4.78, 5) is 37.4. The molecule has 0 N–H and O–H groups in total. The largest absolute Gasteiger partial charge is 0.489 e. The van der Waals surface area contributed by atoms with Crippen molar-refractivity contribution in [2.24, 2.45) is 0 Å². The molecule has 0 spiro atoms. The van der Waals surface area contributed by atoms with Gasteiger partial charge in [0.2, 0.25) is 0 Å². The third kappa shape index (κ3) is 4.23. The molecule has 0 bridgehead atoms. The number of amides is 1. The van der Waals surface area contributed by atoms with Crippen molar-refractivity contribution < 1.29 is 24.0 Å². The van der Waals surface area contributed by atoms with Gasteiger partial charge in [0.1, 0.15) is 12.4 Å². The van der Waals surface area contributed by atoms with Gasteiger partial charge >= 0.3 is 5.97 Å². The molecule has 1 unspecified atom stereocenters. The molecule has 1 atom stereocenters. The Kier molecular flexibility index (Phi) is 5.61. The molecule has 3 aromatic rings. The third-order valence-electron chi connectivity index (χ3n) is 4.91. The molecule has 1 aliphatic rings. The van der Waals surface area contributed by atoms with Crippen LogP contribution in [0.3, 0.4) is 0 Å². The van der Waals surface area contributed by atoms with Crippen LogP contribution in [0.1, 0.15) is 22.0 Å². The van der Waals surface area contributed by atoms with Crippen LogP contribution in [0, 0.1) is 10.1 Å². The van der Waals surface area contributed by atoms with Crippen LogP contribution in [0.5, 0.6) is 5.75 Å². The van der Waals surface area contributed by atoms with Gasteiger partial charge in [0, 0.05) is 12.1 Å². The van der Waals surface area contributed by atoms with Crippen LogP contribution in [-0.2, 0) is 9.53 Å². The van der Waals surface area contributed by atoms with E-state index in [-0.39, 0.29) is 23.9 Å². The number of nitro groups is 1. The molecule has 0 aromatic heterocycles. The lowest BCUT2D eigenvalue weighted by Gasteiger charge is -2.37. The number of rotatable bonds is 5. The van der Waals surface area contributed by atoms with Gasteiger partial charge in [0.25, 0.3) is 11.6 Å². The molecule has 31 heavy (non-hydrogen) atoms. The van der Waals surface area contributed by atoms with Crippen LogP contribution in [0.15, 0.2) is 78.9 Å². The summed E-state index contributed by atoms with van der Waals surface area (Å²) in [6, 6.07) is 21.4. The van der Waals surface area contributed by atoms with Crippen molar-refractivity contribution in [1.82, 2.24) is 0 Å². The van der Waals surface area contributed by atoms with Gasteiger partial charge in [-0.3, -0.25) is 19.8 Å². The molecule has 156 valence electrons. The van der Waals surface area contributed by atoms with E-state index < -0.39 is 23.4 Å². The highest BCUT2D eigenvalue weighted by Gasteiger charge is 2.33. The summed E-state index contributed by atoms with van der Waals surface area (Å²) in [6.45, 7) is -0.259. The van der Waals surface area contributed by atoms with Crippen molar-refractivity contribution >= 4 is 23.3 Å². The maximum Gasteiger partial charge on any atom is 0.338 e. The minimum atomic E-state index is -0.810. The molecule has 3 aromatic carbocycles. The maximum atomic E-state index is 13.1. The van der Waals surface area contributed by atoms with Gasteiger partial charge in [0.15, 0.2) is 6.61 Å². The number of hydrogen-bond acceptors (Lipinski definition) is 6. The zero-order valence-electron chi connectivity index (χ0n) is 16.3. The number of ether oxygens (including phenoxy) is 2. The predicted molar refractivity (Wildman–Crippen MR) is 112 cm³/mol. The standard InChI is InChI=1S/C23H18N2O6/c26-22(15-31-23(27)17-9-6-10-18(13-17)25(28)29)24-19-11-4-5-12-21(19)30-14-20(24)16-7-2-1-3-8-16/h1-13,20H,14-15H2. The topological polar surface area (TPSA) is 99.0 Å². The lowest BCUT2D eigenvalue weighted by molar-refractivity contribution is -0.384. The summed E-state index contributed by atoms with van der Waals surface area (Å²) in [6.07, 6.45) is 0. The van der Waals surface area contributed by atoms with Gasteiger partial charge in [-0.1, -0.05) is 48.5 Å². The van der Waals surface area contributed by atoms with E-state index in [0.717, 1.165) is 11.6 Å². The van der Waals surface area contributed by atoms with Gasteiger partial charge in [-0.15, -0.1) is 0 Å². The fraction of sp³-hybridized carbons (Fsp3) is 0.130. The van der Waals surface area contributed by atoms with E-state index in [0.29, 0.717) is 11.4 Å². The van der Waals surface area contributed by atoms with Gasteiger partial charge in [0.05, 0.1) is 22.2 Å². The summed E-state index contributed by atoms with van der Waals surface area (Å²) >= 11 is 0. The average Bonchev–Trinajstić information content (AvgIpc) is 2.82. The summed E-state index contributed by atoms with van der Waals surface area (Å²) in [7, 11) is 0. The van der Waals surface area contributed by atoms with Crippen molar-refractivity contribution in [2.75, 3.05) is 18.1 Å². The van der Waals surface area contributed by atoms with Crippen LogP contribution in [-0.4, -0.2) is 30.0 Å². The van der Waals surface area contributed by atoms with Crippen LogP contribution >= 0.6 is 0 Å². The Morgan fingerprint density at radius 3 is 2.55 bits per heavy atom. The van der Waals surface area contributed by atoms with Crippen LogP contribution in [0.25, 0.3) is 0 Å². The molecule has 1 amide bonds. The SMILES string of the molecule is O=C(OCC(=O)N1c2ccccc2OCC1c1ccccc1)c1cccc([N+](=O)[O-])c1. The summed E-state index contributed by atoms with van der Waals surface area (Å²) in [5, 5.41) is 10.9. The van der Waals surface area contributed by atoms with Crippen molar-refractivity contribution in [3.63, 3.8) is 0 Å². The molecule has 8 nitrogen and oxygen atoms in total. The highest BCUT2D eigenvalue weighted by atomic mass is 16.6. The molecule has 0 aliphatic carbocycles. The van der Waals surface area contributed by atoms with Crippen molar-refractivity contribution in [2.45, 2.75) is 6.04 Å². The average molecular weight is 418 g/mol. The first kappa shape index (κ1) is 20.1. The number of nitro benzene ring substituents is 1. The first-order valence-corrected chi connectivity index (χ1v) is 9.55. The molecule has 4 rings (SSSR count). The number of anilines is 1. The van der Waals surface area contributed by atoms with E-state index in [1.54, 1.807) is 23.1 Å². The first-order chi connectivity index (χ1) is 15.0. The number of hydrogen-bond donors (Lipinski definition) is 0. The molecular weight excluding hydrogens is 400 g/mol. The number of para-hydroxylation sites is 2. The highest BCUT2D eigenvalue weighted by molar-refractivity contribution is 5.99. The Labute approximate surface area is 177 Å². The molecule has 8 heteroatoms. The number of nitrogens with zero attached hydrogens (tertiary/aromatic N) is 2. The third-order valence-corrected chi connectivity index (χ3v) is 4.91. The Morgan fingerprint density at radius 1 is 1.03 bits per heavy atom. The van der Waals surface area contributed by atoms with Crippen LogP contribution < -0.4 is 9.64 Å². The predicted octanol–water partition coefficient (Wildman–Crippen LogP) is 3.92. The Hall–Kier alpha value is -4.20. The first-order valence-electron chi connectivity index (χ1n) is 9.55. The van der Waals surface area contributed by atoms with Crippen molar-refractivity contribution in [3.8, 4) is 5.75 Å². The minimum Gasteiger partial charge on any atom is -0.489 e. The molecule has 1 heterocycles. The molecule has 0 saturated carbocycles. The summed E-state index contributed by atoms with van der Waals surface area (Å²) < 4.78 is 11.0. The van der Waals surface area contributed by atoms with E-state index in [2.05, 4.69) is 0 Å². The lowest BCUT2D eigenvalue weighted by Crippen LogP contribution is -2.43. The Balaban J connectivity index is 1.55. The second kappa shape index (κ2) is 8.66. The van der Waals surface area contributed by atoms with E-state index in [1.165, 1.54) is 18.2 Å². The van der Waals surface area contributed by atoms with E-state index in [4.69, 9.17) is 9.47 Å². The molecule has 1 aliphatic heterocycles. The van der Waals surface area contributed by atoms with Gasteiger partial charge < -0.3 is 9.47 Å². The minimum absolute atomic E-state index is 0.00369. The Morgan fingerprint density at radius 2 is 1.77 bits per heavy atom. The molecular formula is C23H18N2O6. The fourth-order valence-electron chi connectivity index (χ4n) is 3.44. The monoisotopic (exact) mass is 418 g/mol. The summed E-state index contributed by atoms with van der Waals surface area (Å²) in [5.74, 6) is -0.675. The summed E-state index contributed by atoms with van der Waals surface area (Å²) in [5.41, 5.74) is 1.24. The van der Waals surface area contributed by atoms with E-state index in [9.17, 15) is 19.7 Å². The quantitative estimate of drug-likeness (QED) is 0.354. The molecule has 0 radical (unpaired) electrons. The van der Waals surface area contributed by atoms with E-state index >= 15 is 0 Å². The Bertz CT molecular complexity index is 1130. The second-order valence-electron chi connectivity index (χ2n) is 6.85. The van der Waals surface area contributed by atoms with Gasteiger partial charge in [-0.2, -0.15) is 0 Å². The number of fused-ring (bicyclic) bond motifs is 1. The van der Waals surface area contributed by atoms with Crippen LogP contribution in [0.4, 0.5) is 11.4 Å². The van der Waals surface area contributed by atoms with Gasteiger partial charge in [-0.05, 0) is 23.8 Å². The zero-order chi connectivity index (χ0) is 21.8.